The maximum absolute atomic E-state index is 6.25. The molecule has 32 heavy (non-hydrogen) atoms. The Morgan fingerprint density at radius 3 is 2.41 bits per heavy atom. The molecule has 0 amide bonds. The van der Waals surface area contributed by atoms with E-state index in [2.05, 4.69) is 21.2 Å². The molecule has 1 N–H and O–H groups in total. The molecule has 0 atom stereocenters. The van der Waals surface area contributed by atoms with Crippen molar-refractivity contribution in [2.75, 3.05) is 13.2 Å². The summed E-state index contributed by atoms with van der Waals surface area (Å²) in [5.41, 5.74) is 3.07. The molecular weight excluding hydrogens is 556 g/mol. The molecule has 3 nitrogen and oxygen atoms in total. The normalized spacial score (nSPS) is 10.5. The zero-order valence-corrected chi connectivity index (χ0v) is 22.1. The Bertz CT molecular complexity index is 1030. The smallest absolute Gasteiger partial charge is 0.175 e. The van der Waals surface area contributed by atoms with Crippen molar-refractivity contribution in [1.82, 2.24) is 5.32 Å². The molecule has 3 aromatic rings. The standard InChI is InChI=1S/C24H23BrCl3NO2.ClH/c1-2-30-23-12-16(14-29-10-9-17-7-8-19(26)13-22(17)28)11-20(25)24(23)31-15-18-5-3-4-6-21(18)27;/h3-8,11-13,29H,2,9-10,14-15H2,1H3;1H. The average molecular weight is 580 g/mol. The summed E-state index contributed by atoms with van der Waals surface area (Å²) in [6.45, 7) is 4.33. The number of rotatable bonds is 10. The van der Waals surface area contributed by atoms with Gasteiger partial charge in [-0.15, -0.1) is 12.4 Å². The molecule has 0 aliphatic carbocycles. The first-order chi connectivity index (χ1) is 15.0. The maximum Gasteiger partial charge on any atom is 0.175 e. The average Bonchev–Trinajstić information content (AvgIpc) is 2.73. The number of halogens is 5. The number of hydrogen-bond acceptors (Lipinski definition) is 3. The van der Waals surface area contributed by atoms with E-state index in [0.717, 1.165) is 34.1 Å². The Morgan fingerprint density at radius 2 is 1.69 bits per heavy atom. The molecule has 3 aromatic carbocycles. The molecule has 0 fully saturated rings. The van der Waals surface area contributed by atoms with Gasteiger partial charge in [0.25, 0.3) is 0 Å². The van der Waals surface area contributed by atoms with Crippen molar-refractivity contribution in [1.29, 1.82) is 0 Å². The van der Waals surface area contributed by atoms with E-state index in [0.29, 0.717) is 46.3 Å². The number of hydrogen-bond donors (Lipinski definition) is 1. The fourth-order valence-electron chi connectivity index (χ4n) is 3.07. The van der Waals surface area contributed by atoms with Gasteiger partial charge >= 0.3 is 0 Å². The van der Waals surface area contributed by atoms with Gasteiger partial charge in [0.2, 0.25) is 0 Å². The Hall–Kier alpha value is -1.14. The maximum atomic E-state index is 6.25. The van der Waals surface area contributed by atoms with Crippen LogP contribution in [0.5, 0.6) is 11.5 Å². The molecule has 0 aliphatic rings. The Kier molecular flexibility index (Phi) is 11.5. The summed E-state index contributed by atoms with van der Waals surface area (Å²) in [5.74, 6) is 1.36. The van der Waals surface area contributed by atoms with Crippen LogP contribution in [0.2, 0.25) is 15.1 Å². The second-order valence-corrected chi connectivity index (χ2v) is 8.99. The molecular formula is C24H24BrCl4NO2. The van der Waals surface area contributed by atoms with Gasteiger partial charge in [-0.25, -0.2) is 0 Å². The second kappa shape index (κ2) is 13.5. The Morgan fingerprint density at radius 1 is 0.906 bits per heavy atom. The van der Waals surface area contributed by atoms with Crippen LogP contribution in [0, 0.1) is 0 Å². The molecule has 0 spiro atoms. The van der Waals surface area contributed by atoms with Gasteiger partial charge in [-0.05, 0) is 77.3 Å². The summed E-state index contributed by atoms with van der Waals surface area (Å²) < 4.78 is 12.7. The van der Waals surface area contributed by atoms with Gasteiger partial charge in [0.1, 0.15) is 6.61 Å². The van der Waals surface area contributed by atoms with E-state index in [4.69, 9.17) is 44.3 Å². The lowest BCUT2D eigenvalue weighted by molar-refractivity contribution is 0.267. The highest BCUT2D eigenvalue weighted by Gasteiger charge is 2.13. The fraction of sp³-hybridized carbons (Fsp3) is 0.250. The highest BCUT2D eigenvalue weighted by Crippen LogP contribution is 2.38. The van der Waals surface area contributed by atoms with Crippen LogP contribution in [0.25, 0.3) is 0 Å². The van der Waals surface area contributed by atoms with Crippen LogP contribution in [0.3, 0.4) is 0 Å². The minimum atomic E-state index is 0. The van der Waals surface area contributed by atoms with Gasteiger partial charge in [-0.1, -0.05) is 59.1 Å². The predicted molar refractivity (Wildman–Crippen MR) is 140 cm³/mol. The minimum absolute atomic E-state index is 0. The van der Waals surface area contributed by atoms with E-state index in [1.807, 2.05) is 55.5 Å². The number of benzene rings is 3. The van der Waals surface area contributed by atoms with E-state index in [1.54, 1.807) is 6.07 Å². The lowest BCUT2D eigenvalue weighted by atomic mass is 10.1. The Balaban J connectivity index is 0.00000363. The largest absolute Gasteiger partial charge is 0.490 e. The van der Waals surface area contributed by atoms with Crippen LogP contribution < -0.4 is 14.8 Å². The van der Waals surface area contributed by atoms with Gasteiger partial charge in [0.15, 0.2) is 11.5 Å². The van der Waals surface area contributed by atoms with Crippen LogP contribution in [0.4, 0.5) is 0 Å². The van der Waals surface area contributed by atoms with Crippen LogP contribution in [0.15, 0.2) is 59.1 Å². The van der Waals surface area contributed by atoms with Gasteiger partial charge in [0.05, 0.1) is 11.1 Å². The topological polar surface area (TPSA) is 30.5 Å². The van der Waals surface area contributed by atoms with E-state index < -0.39 is 0 Å². The van der Waals surface area contributed by atoms with Crippen molar-refractivity contribution < 1.29 is 9.47 Å². The molecule has 0 saturated carbocycles. The van der Waals surface area contributed by atoms with E-state index >= 15 is 0 Å². The quantitative estimate of drug-likeness (QED) is 0.246. The molecule has 0 heterocycles. The summed E-state index contributed by atoms with van der Waals surface area (Å²) in [4.78, 5) is 0. The third-order valence-corrected chi connectivity index (χ3v) is 6.16. The second-order valence-electron chi connectivity index (χ2n) is 6.88. The first-order valence-corrected chi connectivity index (χ1v) is 11.9. The lowest BCUT2D eigenvalue weighted by Crippen LogP contribution is -2.17. The van der Waals surface area contributed by atoms with Crippen LogP contribution >= 0.6 is 63.1 Å². The molecule has 8 heteroatoms. The summed E-state index contributed by atoms with van der Waals surface area (Å²) in [7, 11) is 0. The molecule has 3 rings (SSSR count). The van der Waals surface area contributed by atoms with Crippen molar-refractivity contribution in [3.8, 4) is 11.5 Å². The van der Waals surface area contributed by atoms with Crippen molar-refractivity contribution in [3.63, 3.8) is 0 Å². The summed E-state index contributed by atoms with van der Waals surface area (Å²) in [6, 6.07) is 17.3. The highest BCUT2D eigenvalue weighted by atomic mass is 79.9. The third-order valence-electron chi connectivity index (χ3n) is 4.61. The predicted octanol–water partition coefficient (Wildman–Crippen LogP) is 8.14. The van der Waals surface area contributed by atoms with E-state index in [1.165, 1.54) is 0 Å². The zero-order valence-electron chi connectivity index (χ0n) is 17.5. The minimum Gasteiger partial charge on any atom is -0.490 e. The van der Waals surface area contributed by atoms with Crippen molar-refractivity contribution in [3.05, 3.63) is 90.8 Å². The van der Waals surface area contributed by atoms with Gasteiger partial charge in [-0.3, -0.25) is 0 Å². The number of ether oxygens (including phenoxy) is 2. The van der Waals surface area contributed by atoms with Crippen molar-refractivity contribution >= 4 is 63.1 Å². The fourth-order valence-corrected chi connectivity index (χ4v) is 4.37. The zero-order chi connectivity index (χ0) is 22.2. The first kappa shape index (κ1) is 27.1. The summed E-state index contributed by atoms with van der Waals surface area (Å²) >= 11 is 22.1. The van der Waals surface area contributed by atoms with Crippen LogP contribution in [-0.4, -0.2) is 13.2 Å². The van der Waals surface area contributed by atoms with Gasteiger partial charge in [-0.2, -0.15) is 0 Å². The molecule has 0 unspecified atom stereocenters. The van der Waals surface area contributed by atoms with E-state index in [-0.39, 0.29) is 12.4 Å². The monoisotopic (exact) mass is 577 g/mol. The molecule has 0 saturated heterocycles. The lowest BCUT2D eigenvalue weighted by Gasteiger charge is -2.16. The molecule has 0 aromatic heterocycles. The summed E-state index contributed by atoms with van der Waals surface area (Å²) in [5, 5.41) is 5.46. The number of nitrogens with one attached hydrogen (secondary N) is 1. The molecule has 172 valence electrons. The molecule has 0 aliphatic heterocycles. The first-order valence-electron chi connectivity index (χ1n) is 9.94. The van der Waals surface area contributed by atoms with Crippen molar-refractivity contribution in [2.45, 2.75) is 26.5 Å². The molecule has 0 radical (unpaired) electrons. The third kappa shape index (κ3) is 7.72. The summed E-state index contributed by atoms with van der Waals surface area (Å²) in [6.07, 6.45) is 0.814. The van der Waals surface area contributed by atoms with E-state index in [9.17, 15) is 0 Å². The SMILES string of the molecule is CCOc1cc(CNCCc2ccc(Cl)cc2Cl)cc(Br)c1OCc1ccccc1Cl.Cl. The Labute approximate surface area is 218 Å². The van der Waals surface area contributed by atoms with Crippen molar-refractivity contribution in [2.24, 2.45) is 0 Å². The van der Waals surface area contributed by atoms with Gasteiger partial charge in [0, 0.05) is 27.2 Å². The van der Waals surface area contributed by atoms with Gasteiger partial charge < -0.3 is 14.8 Å². The van der Waals surface area contributed by atoms with Crippen LogP contribution in [-0.2, 0) is 19.6 Å². The molecule has 0 bridgehead atoms. The highest BCUT2D eigenvalue weighted by molar-refractivity contribution is 9.10. The van der Waals surface area contributed by atoms with Crippen LogP contribution in [0.1, 0.15) is 23.6 Å².